The van der Waals surface area contributed by atoms with Crippen LogP contribution in [0, 0.1) is 0 Å². The molecule has 0 aliphatic carbocycles. The molecule has 0 spiro atoms. The Kier molecular flexibility index (Phi) is 4.48. The summed E-state index contributed by atoms with van der Waals surface area (Å²) in [6.07, 6.45) is 8.76. The van der Waals surface area contributed by atoms with Gasteiger partial charge in [-0.1, -0.05) is 0 Å². The number of furan rings is 1. The lowest BCUT2D eigenvalue weighted by atomic mass is 10.4. The van der Waals surface area contributed by atoms with Crippen molar-refractivity contribution >= 4 is 17.8 Å². The first-order valence-electron chi connectivity index (χ1n) is 7.37. The lowest BCUT2D eigenvalue weighted by Gasteiger charge is -2.16. The van der Waals surface area contributed by atoms with Crippen LogP contribution in [0.1, 0.15) is 24.4 Å². The number of aromatic nitrogens is 2. The van der Waals surface area contributed by atoms with Gasteiger partial charge in [-0.2, -0.15) is 0 Å². The molecule has 6 nitrogen and oxygen atoms in total. The van der Waals surface area contributed by atoms with E-state index in [9.17, 15) is 4.79 Å². The normalized spacial score (nSPS) is 14.6. The van der Waals surface area contributed by atoms with Gasteiger partial charge in [0.15, 0.2) is 0 Å². The minimum Gasteiger partial charge on any atom is -0.465 e. The van der Waals surface area contributed by atoms with Crippen LogP contribution in [0.25, 0.3) is 6.08 Å². The van der Waals surface area contributed by atoms with Crippen LogP contribution in [0.3, 0.4) is 0 Å². The van der Waals surface area contributed by atoms with Gasteiger partial charge < -0.3 is 14.6 Å². The van der Waals surface area contributed by atoms with Crippen molar-refractivity contribution in [1.82, 2.24) is 15.3 Å². The number of carbonyl (C=O) groups is 1. The molecule has 0 atom stereocenters. The van der Waals surface area contributed by atoms with E-state index >= 15 is 0 Å². The Morgan fingerprint density at radius 3 is 3.00 bits per heavy atom. The van der Waals surface area contributed by atoms with Gasteiger partial charge in [0.25, 0.3) is 0 Å². The standard InChI is InChI=1S/C16H18N4O2/c21-16(6-5-13-4-3-11-22-13)18-12-14-17-8-7-15(19-14)20-9-1-2-10-20/h3-8,11H,1-2,9-10,12H2,(H,18,21)/b6-5+. The summed E-state index contributed by atoms with van der Waals surface area (Å²) in [7, 11) is 0. The molecule has 1 N–H and O–H groups in total. The summed E-state index contributed by atoms with van der Waals surface area (Å²) in [4.78, 5) is 22.7. The van der Waals surface area contributed by atoms with Crippen LogP contribution in [0.5, 0.6) is 0 Å². The van der Waals surface area contributed by atoms with E-state index in [2.05, 4.69) is 20.2 Å². The fraction of sp³-hybridized carbons (Fsp3) is 0.312. The van der Waals surface area contributed by atoms with E-state index in [0.29, 0.717) is 18.1 Å². The number of anilines is 1. The first kappa shape index (κ1) is 14.3. The van der Waals surface area contributed by atoms with Crippen LogP contribution in [0.2, 0.25) is 0 Å². The predicted octanol–water partition coefficient (Wildman–Crippen LogP) is 2.00. The number of hydrogen-bond donors (Lipinski definition) is 1. The smallest absolute Gasteiger partial charge is 0.244 e. The van der Waals surface area contributed by atoms with Gasteiger partial charge in [-0.3, -0.25) is 4.79 Å². The second kappa shape index (κ2) is 6.89. The Morgan fingerprint density at radius 2 is 2.23 bits per heavy atom. The fourth-order valence-electron chi connectivity index (χ4n) is 2.36. The van der Waals surface area contributed by atoms with Crippen LogP contribution in [-0.2, 0) is 11.3 Å². The number of hydrogen-bond acceptors (Lipinski definition) is 5. The zero-order chi connectivity index (χ0) is 15.2. The Morgan fingerprint density at radius 1 is 1.36 bits per heavy atom. The molecule has 0 aromatic carbocycles. The number of carbonyl (C=O) groups excluding carboxylic acids is 1. The van der Waals surface area contributed by atoms with E-state index in [-0.39, 0.29) is 5.91 Å². The molecule has 1 saturated heterocycles. The van der Waals surface area contributed by atoms with Crippen molar-refractivity contribution in [3.63, 3.8) is 0 Å². The van der Waals surface area contributed by atoms with Gasteiger partial charge in [0.2, 0.25) is 5.91 Å². The quantitative estimate of drug-likeness (QED) is 0.855. The third-order valence-electron chi connectivity index (χ3n) is 3.48. The molecule has 0 radical (unpaired) electrons. The summed E-state index contributed by atoms with van der Waals surface area (Å²) in [6.45, 7) is 2.38. The predicted molar refractivity (Wildman–Crippen MR) is 83.1 cm³/mol. The minimum atomic E-state index is -0.202. The van der Waals surface area contributed by atoms with Crippen LogP contribution >= 0.6 is 0 Å². The van der Waals surface area contributed by atoms with Crippen molar-refractivity contribution in [2.24, 2.45) is 0 Å². The Balaban J connectivity index is 1.54. The number of nitrogens with zero attached hydrogens (tertiary/aromatic N) is 3. The van der Waals surface area contributed by atoms with Gasteiger partial charge >= 0.3 is 0 Å². The van der Waals surface area contributed by atoms with Crippen LogP contribution in [0.15, 0.2) is 41.2 Å². The maximum absolute atomic E-state index is 11.7. The molecule has 1 amide bonds. The van der Waals surface area contributed by atoms with E-state index in [0.717, 1.165) is 18.9 Å². The van der Waals surface area contributed by atoms with Gasteiger partial charge in [0, 0.05) is 25.4 Å². The molecule has 0 saturated carbocycles. The highest BCUT2D eigenvalue weighted by Crippen LogP contribution is 2.16. The molecule has 6 heteroatoms. The number of rotatable bonds is 5. The van der Waals surface area contributed by atoms with E-state index in [1.165, 1.54) is 18.9 Å². The highest BCUT2D eigenvalue weighted by Gasteiger charge is 2.13. The second-order valence-electron chi connectivity index (χ2n) is 5.09. The summed E-state index contributed by atoms with van der Waals surface area (Å²) in [6, 6.07) is 5.47. The summed E-state index contributed by atoms with van der Waals surface area (Å²) in [5.74, 6) is 1.99. The van der Waals surface area contributed by atoms with Crippen molar-refractivity contribution in [3.05, 3.63) is 48.3 Å². The third-order valence-corrected chi connectivity index (χ3v) is 3.48. The molecule has 2 aromatic heterocycles. The minimum absolute atomic E-state index is 0.202. The fourth-order valence-corrected chi connectivity index (χ4v) is 2.36. The first-order valence-corrected chi connectivity index (χ1v) is 7.37. The first-order chi connectivity index (χ1) is 10.8. The van der Waals surface area contributed by atoms with E-state index < -0.39 is 0 Å². The molecule has 1 aliphatic rings. The van der Waals surface area contributed by atoms with Crippen LogP contribution in [0.4, 0.5) is 5.82 Å². The Hall–Kier alpha value is -2.63. The molecule has 1 aliphatic heterocycles. The van der Waals surface area contributed by atoms with Crippen molar-refractivity contribution in [2.45, 2.75) is 19.4 Å². The highest BCUT2D eigenvalue weighted by atomic mass is 16.3. The Bertz CT molecular complexity index is 646. The molecule has 0 bridgehead atoms. The molecule has 1 fully saturated rings. The average Bonchev–Trinajstić information content (AvgIpc) is 3.24. The van der Waals surface area contributed by atoms with Gasteiger partial charge in [0.05, 0.1) is 12.8 Å². The van der Waals surface area contributed by atoms with E-state index in [1.807, 2.05) is 6.07 Å². The topological polar surface area (TPSA) is 71.3 Å². The van der Waals surface area contributed by atoms with Gasteiger partial charge in [-0.05, 0) is 37.1 Å². The lowest BCUT2D eigenvalue weighted by Crippen LogP contribution is -2.23. The zero-order valence-corrected chi connectivity index (χ0v) is 12.2. The van der Waals surface area contributed by atoms with E-state index in [4.69, 9.17) is 4.42 Å². The average molecular weight is 298 g/mol. The maximum Gasteiger partial charge on any atom is 0.244 e. The number of amides is 1. The van der Waals surface area contributed by atoms with Gasteiger partial charge in [-0.15, -0.1) is 0 Å². The van der Waals surface area contributed by atoms with Gasteiger partial charge in [-0.25, -0.2) is 9.97 Å². The largest absolute Gasteiger partial charge is 0.465 e. The van der Waals surface area contributed by atoms with Gasteiger partial charge in [0.1, 0.15) is 17.4 Å². The molecule has 22 heavy (non-hydrogen) atoms. The van der Waals surface area contributed by atoms with Crippen molar-refractivity contribution in [3.8, 4) is 0 Å². The van der Waals surface area contributed by atoms with Crippen molar-refractivity contribution < 1.29 is 9.21 Å². The summed E-state index contributed by atoms with van der Waals surface area (Å²) < 4.78 is 5.12. The summed E-state index contributed by atoms with van der Waals surface area (Å²) in [5.41, 5.74) is 0. The second-order valence-corrected chi connectivity index (χ2v) is 5.09. The molecule has 0 unspecified atom stereocenters. The molecule has 3 rings (SSSR count). The third kappa shape index (κ3) is 3.72. The number of nitrogens with one attached hydrogen (secondary N) is 1. The molecule has 3 heterocycles. The highest BCUT2D eigenvalue weighted by molar-refractivity contribution is 5.91. The monoisotopic (exact) mass is 298 g/mol. The maximum atomic E-state index is 11.7. The van der Waals surface area contributed by atoms with Crippen LogP contribution in [-0.4, -0.2) is 29.0 Å². The SMILES string of the molecule is O=C(/C=C/c1ccco1)NCc1nccc(N2CCCC2)n1. The van der Waals surface area contributed by atoms with Crippen LogP contribution < -0.4 is 10.2 Å². The van der Waals surface area contributed by atoms with Crippen molar-refractivity contribution in [1.29, 1.82) is 0 Å². The molecule has 114 valence electrons. The molecular formula is C16H18N4O2. The zero-order valence-electron chi connectivity index (χ0n) is 12.2. The molecule has 2 aromatic rings. The van der Waals surface area contributed by atoms with Crippen molar-refractivity contribution in [2.75, 3.05) is 18.0 Å². The lowest BCUT2D eigenvalue weighted by molar-refractivity contribution is -0.116. The molecular weight excluding hydrogens is 280 g/mol. The summed E-state index contributed by atoms with van der Waals surface area (Å²) in [5, 5.41) is 2.77. The Labute approximate surface area is 128 Å². The van der Waals surface area contributed by atoms with E-state index in [1.54, 1.807) is 30.7 Å². The summed E-state index contributed by atoms with van der Waals surface area (Å²) >= 11 is 0.